The zero-order valence-electron chi connectivity index (χ0n) is 17.2. The Labute approximate surface area is 172 Å². The molecule has 0 aromatic heterocycles. The van der Waals surface area contributed by atoms with Gasteiger partial charge in [-0.3, -0.25) is 14.5 Å². The summed E-state index contributed by atoms with van der Waals surface area (Å²) in [6.07, 6.45) is 4.05. The molecule has 2 aliphatic rings. The maximum atomic E-state index is 12.7. The molecule has 0 aliphatic carbocycles. The van der Waals surface area contributed by atoms with Crippen LogP contribution >= 0.6 is 0 Å². The van der Waals surface area contributed by atoms with Crippen molar-refractivity contribution >= 4 is 11.8 Å². The van der Waals surface area contributed by atoms with Gasteiger partial charge in [-0.15, -0.1) is 0 Å². The third kappa shape index (κ3) is 5.94. The molecule has 2 aliphatic heterocycles. The molecule has 1 aromatic carbocycles. The molecule has 0 spiro atoms. The number of ether oxygens (including phenoxy) is 1. The van der Waals surface area contributed by atoms with Gasteiger partial charge in [0.1, 0.15) is 5.75 Å². The van der Waals surface area contributed by atoms with Crippen LogP contribution < -0.4 is 4.74 Å². The van der Waals surface area contributed by atoms with Crippen LogP contribution in [0.4, 0.5) is 0 Å². The second kappa shape index (κ2) is 10.3. The van der Waals surface area contributed by atoms with E-state index in [9.17, 15) is 9.59 Å². The van der Waals surface area contributed by atoms with Crippen LogP contribution in [0.15, 0.2) is 24.3 Å². The van der Waals surface area contributed by atoms with Crippen molar-refractivity contribution in [3.8, 4) is 11.8 Å². The number of rotatable bonds is 5. The molecule has 156 valence electrons. The van der Waals surface area contributed by atoms with Crippen molar-refractivity contribution in [2.24, 2.45) is 0 Å². The Bertz CT molecular complexity index is 727. The number of likely N-dealkylation sites (tertiary alicyclic amines) is 1. The fourth-order valence-electron chi connectivity index (χ4n) is 3.86. The summed E-state index contributed by atoms with van der Waals surface area (Å²) >= 11 is 0. The topological polar surface area (TPSA) is 76.9 Å². The largest absolute Gasteiger partial charge is 0.481 e. The average molecular weight is 399 g/mol. The minimum absolute atomic E-state index is 0.0483. The molecule has 0 bridgehead atoms. The van der Waals surface area contributed by atoms with Crippen LogP contribution in [0.1, 0.15) is 38.2 Å². The van der Waals surface area contributed by atoms with Gasteiger partial charge in [0.25, 0.3) is 5.91 Å². The Morgan fingerprint density at radius 1 is 0.966 bits per heavy atom. The lowest BCUT2D eigenvalue weighted by Crippen LogP contribution is -2.53. The Balaban J connectivity index is 1.43. The predicted molar refractivity (Wildman–Crippen MR) is 109 cm³/mol. The van der Waals surface area contributed by atoms with E-state index in [2.05, 4.69) is 11.0 Å². The summed E-state index contributed by atoms with van der Waals surface area (Å²) in [5.74, 6) is 0.739. The highest BCUT2D eigenvalue weighted by molar-refractivity contribution is 5.81. The fraction of sp³-hybridized carbons (Fsp3) is 0.591. The lowest BCUT2D eigenvalue weighted by Gasteiger charge is -2.36. The zero-order chi connectivity index (χ0) is 20.6. The Hall–Kier alpha value is -2.59. The molecule has 2 amide bonds. The van der Waals surface area contributed by atoms with Crippen molar-refractivity contribution < 1.29 is 14.3 Å². The second-order valence-corrected chi connectivity index (χ2v) is 7.79. The molecule has 2 fully saturated rings. The zero-order valence-corrected chi connectivity index (χ0v) is 17.2. The maximum Gasteiger partial charge on any atom is 0.263 e. The van der Waals surface area contributed by atoms with Crippen LogP contribution in [-0.2, 0) is 9.59 Å². The summed E-state index contributed by atoms with van der Waals surface area (Å²) in [4.78, 5) is 31.2. The SMILES string of the molecule is CC(Oc1ccc(C#N)cc1)C(=O)N1CCN(CC(=O)N2CCCCCC2)CC1. The van der Waals surface area contributed by atoms with E-state index in [4.69, 9.17) is 10.00 Å². The Morgan fingerprint density at radius 2 is 1.59 bits per heavy atom. The summed E-state index contributed by atoms with van der Waals surface area (Å²) in [7, 11) is 0. The normalized spacial score (nSPS) is 19.2. The van der Waals surface area contributed by atoms with Crippen LogP contribution in [0.5, 0.6) is 5.75 Å². The van der Waals surface area contributed by atoms with Gasteiger partial charge in [-0.1, -0.05) is 12.8 Å². The van der Waals surface area contributed by atoms with Gasteiger partial charge in [-0.05, 0) is 44.0 Å². The van der Waals surface area contributed by atoms with Crippen molar-refractivity contribution in [3.63, 3.8) is 0 Å². The first-order valence-corrected chi connectivity index (χ1v) is 10.5. The van der Waals surface area contributed by atoms with Gasteiger partial charge in [-0.2, -0.15) is 5.26 Å². The number of carbonyl (C=O) groups is 2. The minimum Gasteiger partial charge on any atom is -0.481 e. The average Bonchev–Trinajstić information content (AvgIpc) is 3.04. The van der Waals surface area contributed by atoms with Crippen LogP contribution in [0.3, 0.4) is 0 Å². The van der Waals surface area contributed by atoms with Gasteiger partial charge >= 0.3 is 0 Å². The van der Waals surface area contributed by atoms with Crippen LogP contribution in [0.2, 0.25) is 0 Å². The maximum absolute atomic E-state index is 12.7. The third-order valence-electron chi connectivity index (χ3n) is 5.65. The highest BCUT2D eigenvalue weighted by Gasteiger charge is 2.27. The lowest BCUT2D eigenvalue weighted by atomic mass is 10.2. The summed E-state index contributed by atoms with van der Waals surface area (Å²) in [6, 6.07) is 8.81. The first-order valence-electron chi connectivity index (χ1n) is 10.5. The van der Waals surface area contributed by atoms with Gasteiger partial charge in [0.05, 0.1) is 18.2 Å². The fourth-order valence-corrected chi connectivity index (χ4v) is 3.86. The number of piperazine rings is 1. The van der Waals surface area contributed by atoms with Crippen LogP contribution in [0.25, 0.3) is 0 Å². The quantitative estimate of drug-likeness (QED) is 0.757. The highest BCUT2D eigenvalue weighted by atomic mass is 16.5. The molecule has 7 heteroatoms. The number of hydrogen-bond donors (Lipinski definition) is 0. The predicted octanol–water partition coefficient (Wildman–Crippen LogP) is 1.87. The van der Waals surface area contributed by atoms with E-state index in [-0.39, 0.29) is 11.8 Å². The first-order chi connectivity index (χ1) is 14.1. The summed E-state index contributed by atoms with van der Waals surface area (Å²) in [5, 5.41) is 8.85. The third-order valence-corrected chi connectivity index (χ3v) is 5.65. The molecule has 1 aromatic rings. The van der Waals surface area contributed by atoms with E-state index < -0.39 is 6.10 Å². The van der Waals surface area contributed by atoms with E-state index in [0.717, 1.165) is 25.9 Å². The number of amides is 2. The highest BCUT2D eigenvalue weighted by Crippen LogP contribution is 2.15. The smallest absolute Gasteiger partial charge is 0.263 e. The van der Waals surface area contributed by atoms with E-state index >= 15 is 0 Å². The first kappa shape index (κ1) is 21.1. The molecule has 0 radical (unpaired) electrons. The lowest BCUT2D eigenvalue weighted by molar-refractivity contribution is -0.140. The second-order valence-electron chi connectivity index (χ2n) is 7.79. The van der Waals surface area contributed by atoms with Gasteiger partial charge < -0.3 is 14.5 Å². The standard InChI is InChI=1S/C22H30N4O3/c1-18(29-20-8-6-19(16-23)7-9-20)22(28)26-14-12-24(13-15-26)17-21(27)25-10-4-2-3-5-11-25/h6-9,18H,2-5,10-15,17H2,1H3. The van der Waals surface area contributed by atoms with Gasteiger partial charge in [-0.25, -0.2) is 0 Å². The number of nitrogens with zero attached hydrogens (tertiary/aromatic N) is 4. The van der Waals surface area contributed by atoms with E-state index in [0.29, 0.717) is 44.0 Å². The number of carbonyl (C=O) groups excluding carboxylic acids is 2. The number of benzene rings is 1. The molecule has 29 heavy (non-hydrogen) atoms. The molecular weight excluding hydrogens is 368 g/mol. The van der Waals surface area contributed by atoms with Gasteiger partial charge in [0.15, 0.2) is 6.10 Å². The molecule has 1 atom stereocenters. The molecule has 0 saturated carbocycles. The molecule has 0 N–H and O–H groups in total. The molecule has 7 nitrogen and oxygen atoms in total. The summed E-state index contributed by atoms with van der Waals surface area (Å²) < 4.78 is 5.74. The minimum atomic E-state index is -0.590. The van der Waals surface area contributed by atoms with Gasteiger partial charge in [0.2, 0.25) is 5.91 Å². The van der Waals surface area contributed by atoms with Crippen molar-refractivity contribution in [2.75, 3.05) is 45.8 Å². The summed E-state index contributed by atoms with van der Waals surface area (Å²) in [6.45, 7) is 6.56. The van der Waals surface area contributed by atoms with Gasteiger partial charge in [0, 0.05) is 39.3 Å². The molecule has 3 rings (SSSR count). The number of nitriles is 1. The molecule has 1 unspecified atom stereocenters. The van der Waals surface area contributed by atoms with E-state index in [1.54, 1.807) is 36.1 Å². The molecule has 2 heterocycles. The molecule has 2 saturated heterocycles. The van der Waals surface area contributed by atoms with Crippen LogP contribution in [-0.4, -0.2) is 78.4 Å². The van der Waals surface area contributed by atoms with Crippen molar-refractivity contribution in [1.29, 1.82) is 5.26 Å². The monoisotopic (exact) mass is 398 g/mol. The molecular formula is C22H30N4O3. The van der Waals surface area contributed by atoms with E-state index in [1.807, 2.05) is 4.90 Å². The van der Waals surface area contributed by atoms with E-state index in [1.165, 1.54) is 12.8 Å². The summed E-state index contributed by atoms with van der Waals surface area (Å²) in [5.41, 5.74) is 0.558. The van der Waals surface area contributed by atoms with Crippen molar-refractivity contribution in [1.82, 2.24) is 14.7 Å². The Morgan fingerprint density at radius 3 is 2.17 bits per heavy atom. The van der Waals surface area contributed by atoms with Crippen molar-refractivity contribution in [2.45, 2.75) is 38.7 Å². The van der Waals surface area contributed by atoms with Crippen molar-refractivity contribution in [3.05, 3.63) is 29.8 Å². The Kier molecular flexibility index (Phi) is 7.48. The van der Waals surface area contributed by atoms with Crippen LogP contribution in [0, 0.1) is 11.3 Å². The number of hydrogen-bond acceptors (Lipinski definition) is 5.